The average Bonchev–Trinajstić information content (AvgIpc) is 2.61. The third-order valence-electron chi connectivity index (χ3n) is 3.68. The molecule has 1 atom stereocenters. The van der Waals surface area contributed by atoms with E-state index in [1.54, 1.807) is 0 Å². The number of hydrogen-bond donors (Lipinski definition) is 1. The zero-order valence-electron chi connectivity index (χ0n) is 9.67. The van der Waals surface area contributed by atoms with Crippen molar-refractivity contribution in [3.05, 3.63) is 29.3 Å². The van der Waals surface area contributed by atoms with Gasteiger partial charge in [0.25, 0.3) is 0 Å². The highest BCUT2D eigenvalue weighted by Crippen LogP contribution is 2.30. The quantitative estimate of drug-likeness (QED) is 0.781. The normalized spacial score (nSPS) is 24.6. The van der Waals surface area contributed by atoms with Crippen LogP contribution in [-0.2, 0) is 6.42 Å². The molecular weight excluding hydrogens is 198 g/mol. The van der Waals surface area contributed by atoms with Gasteiger partial charge in [-0.2, -0.15) is 0 Å². The van der Waals surface area contributed by atoms with Crippen LogP contribution in [0, 0.1) is 0 Å². The van der Waals surface area contributed by atoms with Crippen LogP contribution in [0.15, 0.2) is 18.2 Å². The molecule has 16 heavy (non-hydrogen) atoms. The fraction of sp³-hybridized carbons (Fsp3) is 0.571. The molecule has 2 aliphatic heterocycles. The number of fused-ring (bicyclic) bond motifs is 1. The number of hydrogen-bond acceptors (Lipinski definition) is 2. The number of nitrogens with one attached hydrogen (secondary N) is 1. The summed E-state index contributed by atoms with van der Waals surface area (Å²) in [7, 11) is 0. The molecule has 1 aromatic rings. The Morgan fingerprint density at radius 2 is 2.19 bits per heavy atom. The molecule has 1 fully saturated rings. The highest BCUT2D eigenvalue weighted by Gasteiger charge is 2.17. The molecule has 0 amide bonds. The lowest BCUT2D eigenvalue weighted by Gasteiger charge is -2.16. The van der Waals surface area contributed by atoms with Crippen LogP contribution in [0.3, 0.4) is 0 Å². The first-order valence-electron chi connectivity index (χ1n) is 6.42. The summed E-state index contributed by atoms with van der Waals surface area (Å²) in [6.07, 6.45) is 6.41. The van der Waals surface area contributed by atoms with E-state index in [4.69, 9.17) is 4.74 Å². The number of ether oxygens (including phenoxy) is 1. The Bertz CT molecular complexity index is 367. The molecule has 0 radical (unpaired) electrons. The Hall–Kier alpha value is -1.02. The maximum Gasteiger partial charge on any atom is 0.122 e. The van der Waals surface area contributed by atoms with Gasteiger partial charge in [0.15, 0.2) is 0 Å². The summed E-state index contributed by atoms with van der Waals surface area (Å²) in [4.78, 5) is 0. The topological polar surface area (TPSA) is 21.3 Å². The molecule has 2 nitrogen and oxygen atoms in total. The summed E-state index contributed by atoms with van der Waals surface area (Å²) >= 11 is 0. The van der Waals surface area contributed by atoms with Gasteiger partial charge >= 0.3 is 0 Å². The molecule has 2 aliphatic rings. The van der Waals surface area contributed by atoms with Crippen LogP contribution in [-0.4, -0.2) is 13.2 Å². The van der Waals surface area contributed by atoms with Gasteiger partial charge in [0, 0.05) is 12.5 Å². The molecular formula is C14H19NO. The Kier molecular flexibility index (Phi) is 2.83. The summed E-state index contributed by atoms with van der Waals surface area (Å²) in [5, 5.41) is 3.65. The molecule has 1 unspecified atom stereocenters. The Morgan fingerprint density at radius 3 is 3.19 bits per heavy atom. The van der Waals surface area contributed by atoms with Crippen molar-refractivity contribution in [2.45, 2.75) is 38.1 Å². The van der Waals surface area contributed by atoms with Crippen molar-refractivity contribution in [3.8, 4) is 5.75 Å². The Labute approximate surface area is 97.0 Å². The largest absolute Gasteiger partial charge is 0.493 e. The number of rotatable bonds is 1. The van der Waals surface area contributed by atoms with E-state index in [1.807, 2.05) is 0 Å². The van der Waals surface area contributed by atoms with Gasteiger partial charge in [-0.1, -0.05) is 25.0 Å². The van der Waals surface area contributed by atoms with E-state index in [0.29, 0.717) is 6.04 Å². The van der Waals surface area contributed by atoms with Crippen molar-refractivity contribution in [1.82, 2.24) is 5.32 Å². The summed E-state index contributed by atoms with van der Waals surface area (Å²) in [6, 6.07) is 7.27. The first kappa shape index (κ1) is 10.2. The highest BCUT2D eigenvalue weighted by atomic mass is 16.5. The molecule has 2 heterocycles. The van der Waals surface area contributed by atoms with Crippen molar-refractivity contribution in [3.63, 3.8) is 0 Å². The summed E-state index contributed by atoms with van der Waals surface area (Å²) in [6.45, 7) is 2.02. The van der Waals surface area contributed by atoms with Crippen LogP contribution >= 0.6 is 0 Å². The SMILES string of the molecule is c1cc2c(cc1C1CCCCCN1)CCO2. The standard InChI is InChI=1S/C14H19NO/c1-2-4-13(15-8-3-1)11-5-6-14-12(10-11)7-9-16-14/h5-6,10,13,15H,1-4,7-9H2. The van der Waals surface area contributed by atoms with E-state index < -0.39 is 0 Å². The van der Waals surface area contributed by atoms with Crippen LogP contribution in [0.1, 0.15) is 42.9 Å². The highest BCUT2D eigenvalue weighted by molar-refractivity contribution is 5.40. The van der Waals surface area contributed by atoms with E-state index >= 15 is 0 Å². The van der Waals surface area contributed by atoms with Crippen molar-refractivity contribution < 1.29 is 4.74 Å². The third kappa shape index (κ3) is 1.94. The van der Waals surface area contributed by atoms with Gasteiger partial charge in [0.05, 0.1) is 6.61 Å². The first-order chi connectivity index (χ1) is 7.93. The van der Waals surface area contributed by atoms with Gasteiger partial charge < -0.3 is 10.1 Å². The van der Waals surface area contributed by atoms with E-state index in [2.05, 4.69) is 23.5 Å². The molecule has 1 N–H and O–H groups in total. The predicted molar refractivity (Wildman–Crippen MR) is 64.9 cm³/mol. The lowest BCUT2D eigenvalue weighted by atomic mass is 9.99. The minimum Gasteiger partial charge on any atom is -0.493 e. The summed E-state index contributed by atoms with van der Waals surface area (Å²) < 4.78 is 5.55. The van der Waals surface area contributed by atoms with Crippen LogP contribution in [0.25, 0.3) is 0 Å². The zero-order chi connectivity index (χ0) is 10.8. The summed E-state index contributed by atoms with van der Waals surface area (Å²) in [5.41, 5.74) is 2.84. The second kappa shape index (κ2) is 4.46. The molecule has 0 saturated carbocycles. The fourth-order valence-electron chi connectivity index (χ4n) is 2.74. The predicted octanol–water partition coefficient (Wildman–Crippen LogP) is 2.83. The van der Waals surface area contributed by atoms with Crippen LogP contribution < -0.4 is 10.1 Å². The zero-order valence-corrected chi connectivity index (χ0v) is 9.67. The molecule has 1 saturated heterocycles. The van der Waals surface area contributed by atoms with Crippen LogP contribution in [0.2, 0.25) is 0 Å². The van der Waals surface area contributed by atoms with E-state index in [-0.39, 0.29) is 0 Å². The molecule has 0 spiro atoms. The molecule has 1 aromatic carbocycles. The molecule has 2 heteroatoms. The molecule has 86 valence electrons. The van der Waals surface area contributed by atoms with Gasteiger partial charge in [-0.15, -0.1) is 0 Å². The van der Waals surface area contributed by atoms with E-state index in [0.717, 1.165) is 25.3 Å². The average molecular weight is 217 g/mol. The second-order valence-electron chi connectivity index (χ2n) is 4.82. The van der Waals surface area contributed by atoms with E-state index in [1.165, 1.54) is 36.8 Å². The minimum atomic E-state index is 0.563. The van der Waals surface area contributed by atoms with Gasteiger partial charge in [0.1, 0.15) is 5.75 Å². The molecule has 0 aromatic heterocycles. The second-order valence-corrected chi connectivity index (χ2v) is 4.82. The molecule has 3 rings (SSSR count). The van der Waals surface area contributed by atoms with Gasteiger partial charge in [0.2, 0.25) is 0 Å². The Balaban J connectivity index is 1.82. The summed E-state index contributed by atoms with van der Waals surface area (Å²) in [5.74, 6) is 1.09. The van der Waals surface area contributed by atoms with Crippen molar-refractivity contribution in [2.75, 3.05) is 13.2 Å². The molecule has 0 bridgehead atoms. The van der Waals surface area contributed by atoms with Crippen LogP contribution in [0.4, 0.5) is 0 Å². The Morgan fingerprint density at radius 1 is 1.19 bits per heavy atom. The maximum absolute atomic E-state index is 5.55. The lowest BCUT2D eigenvalue weighted by molar-refractivity contribution is 0.356. The van der Waals surface area contributed by atoms with Crippen LogP contribution in [0.5, 0.6) is 5.75 Å². The van der Waals surface area contributed by atoms with Gasteiger partial charge in [-0.25, -0.2) is 0 Å². The lowest BCUT2D eigenvalue weighted by Crippen LogP contribution is -2.20. The number of benzene rings is 1. The van der Waals surface area contributed by atoms with E-state index in [9.17, 15) is 0 Å². The van der Waals surface area contributed by atoms with Gasteiger partial charge in [-0.3, -0.25) is 0 Å². The van der Waals surface area contributed by atoms with Gasteiger partial charge in [-0.05, 0) is 36.6 Å². The van der Waals surface area contributed by atoms with Crippen molar-refractivity contribution in [2.24, 2.45) is 0 Å². The smallest absolute Gasteiger partial charge is 0.122 e. The fourth-order valence-corrected chi connectivity index (χ4v) is 2.74. The maximum atomic E-state index is 5.55. The molecule has 0 aliphatic carbocycles. The van der Waals surface area contributed by atoms with Crippen molar-refractivity contribution >= 4 is 0 Å². The monoisotopic (exact) mass is 217 g/mol. The third-order valence-corrected chi connectivity index (χ3v) is 3.68. The first-order valence-corrected chi connectivity index (χ1v) is 6.42. The van der Waals surface area contributed by atoms with Crippen molar-refractivity contribution in [1.29, 1.82) is 0 Å². The minimum absolute atomic E-state index is 0.563.